The Hall–Kier alpha value is -0.360. The maximum absolute atomic E-state index is 13.7. The van der Waals surface area contributed by atoms with Crippen LogP contribution >= 0.6 is 23.2 Å². The van der Waals surface area contributed by atoms with Crippen molar-refractivity contribution in [1.29, 1.82) is 0 Å². The summed E-state index contributed by atoms with van der Waals surface area (Å²) in [6.07, 6.45) is 1.60. The van der Waals surface area contributed by atoms with Gasteiger partial charge in [-0.25, -0.2) is 12.8 Å². The van der Waals surface area contributed by atoms with Crippen LogP contribution in [0.4, 0.5) is 4.39 Å². The molecule has 0 aromatic heterocycles. The van der Waals surface area contributed by atoms with Gasteiger partial charge in [0, 0.05) is 29.1 Å². The molecule has 1 aliphatic carbocycles. The summed E-state index contributed by atoms with van der Waals surface area (Å²) in [5.41, 5.74) is 0.217. The average molecular weight is 326 g/mol. The van der Waals surface area contributed by atoms with Crippen molar-refractivity contribution in [2.45, 2.75) is 25.4 Å². The second-order valence-electron chi connectivity index (χ2n) is 4.48. The van der Waals surface area contributed by atoms with E-state index >= 15 is 0 Å². The molecule has 0 saturated heterocycles. The lowest BCUT2D eigenvalue weighted by molar-refractivity contribution is 0.392. The molecular weight excluding hydrogens is 312 g/mol. The second-order valence-corrected chi connectivity index (χ2v) is 7.31. The van der Waals surface area contributed by atoms with E-state index in [0.29, 0.717) is 0 Å². The zero-order valence-corrected chi connectivity index (χ0v) is 12.5. The fraction of sp³-hybridized carbons (Fsp3) is 0.500. The normalized spacial score (nSPS) is 16.0. The summed E-state index contributed by atoms with van der Waals surface area (Å²) >= 11 is 11.5. The third kappa shape index (κ3) is 3.60. The molecule has 0 amide bonds. The molecule has 0 heterocycles. The van der Waals surface area contributed by atoms with E-state index in [0.717, 1.165) is 12.8 Å². The van der Waals surface area contributed by atoms with E-state index in [1.807, 2.05) is 0 Å². The molecule has 0 bridgehead atoms. The zero-order valence-electron chi connectivity index (χ0n) is 10.2. The summed E-state index contributed by atoms with van der Waals surface area (Å²) in [5, 5.41) is 0.242. The van der Waals surface area contributed by atoms with Crippen molar-refractivity contribution in [2.75, 3.05) is 11.6 Å². The van der Waals surface area contributed by atoms with Gasteiger partial charge in [0.2, 0.25) is 10.0 Å². The van der Waals surface area contributed by atoms with Gasteiger partial charge in [-0.1, -0.05) is 17.7 Å². The molecule has 0 spiro atoms. The molecule has 7 heteroatoms. The molecule has 1 saturated carbocycles. The lowest BCUT2D eigenvalue weighted by atomic mass is 10.2. The highest BCUT2D eigenvalue weighted by molar-refractivity contribution is 7.89. The van der Waals surface area contributed by atoms with Gasteiger partial charge in [0.05, 0.1) is 5.75 Å². The van der Waals surface area contributed by atoms with Gasteiger partial charge >= 0.3 is 0 Å². The second kappa shape index (κ2) is 5.95. The first kappa shape index (κ1) is 15.0. The first-order chi connectivity index (χ1) is 8.95. The summed E-state index contributed by atoms with van der Waals surface area (Å²) in [6, 6.07) is 4.28. The molecule has 19 heavy (non-hydrogen) atoms. The van der Waals surface area contributed by atoms with Crippen LogP contribution in [0, 0.1) is 5.82 Å². The number of hydrogen-bond acceptors (Lipinski definition) is 2. The van der Waals surface area contributed by atoms with Crippen LogP contribution in [0.25, 0.3) is 0 Å². The molecule has 0 unspecified atom stereocenters. The van der Waals surface area contributed by atoms with Gasteiger partial charge in [-0.05, 0) is 25.0 Å². The SMILES string of the molecule is O=S(=O)(CCCl)N(Cc1c(F)cccc1Cl)C1CC1. The lowest BCUT2D eigenvalue weighted by Gasteiger charge is -2.22. The number of rotatable bonds is 6. The van der Waals surface area contributed by atoms with E-state index in [2.05, 4.69) is 0 Å². The Balaban J connectivity index is 2.27. The van der Waals surface area contributed by atoms with Gasteiger partial charge in [0.25, 0.3) is 0 Å². The van der Waals surface area contributed by atoms with Gasteiger partial charge in [-0.15, -0.1) is 11.6 Å². The third-order valence-electron chi connectivity index (χ3n) is 3.02. The molecule has 1 aromatic rings. The monoisotopic (exact) mass is 325 g/mol. The van der Waals surface area contributed by atoms with Crippen LogP contribution in [0.3, 0.4) is 0 Å². The molecule has 106 valence electrons. The predicted molar refractivity (Wildman–Crippen MR) is 74.5 cm³/mol. The van der Waals surface area contributed by atoms with Gasteiger partial charge in [-0.3, -0.25) is 0 Å². The van der Waals surface area contributed by atoms with Crippen LogP contribution in [0.15, 0.2) is 18.2 Å². The number of sulfonamides is 1. The van der Waals surface area contributed by atoms with Gasteiger partial charge in [-0.2, -0.15) is 4.31 Å². The number of nitrogens with zero attached hydrogens (tertiary/aromatic N) is 1. The molecule has 0 aliphatic heterocycles. The van der Waals surface area contributed by atoms with Crippen molar-refractivity contribution in [2.24, 2.45) is 0 Å². The molecule has 0 N–H and O–H groups in total. The first-order valence-electron chi connectivity index (χ1n) is 5.94. The van der Waals surface area contributed by atoms with Crippen LogP contribution in [0.2, 0.25) is 5.02 Å². The van der Waals surface area contributed by atoms with Gasteiger partial charge in [0.1, 0.15) is 5.82 Å². The molecule has 3 nitrogen and oxygen atoms in total. The Morgan fingerprint density at radius 3 is 2.58 bits per heavy atom. The highest BCUT2D eigenvalue weighted by atomic mass is 35.5. The molecule has 0 atom stereocenters. The van der Waals surface area contributed by atoms with E-state index in [1.165, 1.54) is 16.4 Å². The van der Waals surface area contributed by atoms with Gasteiger partial charge in [0.15, 0.2) is 0 Å². The van der Waals surface area contributed by atoms with Gasteiger partial charge < -0.3 is 0 Å². The minimum atomic E-state index is -3.46. The fourth-order valence-electron chi connectivity index (χ4n) is 1.87. The van der Waals surface area contributed by atoms with Crippen LogP contribution < -0.4 is 0 Å². The van der Waals surface area contributed by atoms with Crippen molar-refractivity contribution >= 4 is 33.2 Å². The number of benzene rings is 1. The lowest BCUT2D eigenvalue weighted by Crippen LogP contribution is -2.35. The summed E-state index contributed by atoms with van der Waals surface area (Å²) < 4.78 is 39.3. The van der Waals surface area contributed by atoms with Crippen LogP contribution in [0.1, 0.15) is 18.4 Å². The topological polar surface area (TPSA) is 37.4 Å². The average Bonchev–Trinajstić information content (AvgIpc) is 3.12. The molecule has 1 aliphatic rings. The highest BCUT2D eigenvalue weighted by Crippen LogP contribution is 2.33. The first-order valence-corrected chi connectivity index (χ1v) is 8.46. The van der Waals surface area contributed by atoms with E-state index < -0.39 is 15.8 Å². The van der Waals surface area contributed by atoms with Crippen molar-refractivity contribution in [3.8, 4) is 0 Å². The Kier molecular flexibility index (Phi) is 4.71. The largest absolute Gasteiger partial charge is 0.215 e. The molecule has 0 radical (unpaired) electrons. The van der Waals surface area contributed by atoms with Crippen molar-refractivity contribution in [1.82, 2.24) is 4.31 Å². The van der Waals surface area contributed by atoms with E-state index in [9.17, 15) is 12.8 Å². The highest BCUT2D eigenvalue weighted by Gasteiger charge is 2.37. The summed E-state index contributed by atoms with van der Waals surface area (Å²) in [5.74, 6) is -0.604. The van der Waals surface area contributed by atoms with Crippen LogP contribution in [-0.2, 0) is 16.6 Å². The quantitative estimate of drug-likeness (QED) is 0.754. The zero-order chi connectivity index (χ0) is 14.0. The summed E-state index contributed by atoms with van der Waals surface area (Å²) in [6.45, 7) is -0.0323. The van der Waals surface area contributed by atoms with E-state index in [4.69, 9.17) is 23.2 Å². The van der Waals surface area contributed by atoms with Crippen molar-refractivity contribution < 1.29 is 12.8 Å². The minimum Gasteiger partial charge on any atom is -0.212 e. The Labute approximate surface area is 122 Å². The minimum absolute atomic E-state index is 0.0244. The molecule has 1 fully saturated rings. The summed E-state index contributed by atoms with van der Waals surface area (Å²) in [4.78, 5) is 0. The Morgan fingerprint density at radius 1 is 1.37 bits per heavy atom. The summed E-state index contributed by atoms with van der Waals surface area (Å²) in [7, 11) is -3.46. The molecular formula is C12H14Cl2FNO2S. The van der Waals surface area contributed by atoms with Crippen molar-refractivity contribution in [3.05, 3.63) is 34.6 Å². The maximum atomic E-state index is 13.7. The van der Waals surface area contributed by atoms with Crippen LogP contribution in [-0.4, -0.2) is 30.4 Å². The van der Waals surface area contributed by atoms with E-state index in [1.54, 1.807) is 6.07 Å². The van der Waals surface area contributed by atoms with E-state index in [-0.39, 0.29) is 34.8 Å². The Morgan fingerprint density at radius 2 is 2.05 bits per heavy atom. The number of alkyl halides is 1. The maximum Gasteiger partial charge on any atom is 0.215 e. The predicted octanol–water partition coefficient (Wildman–Crippen LogP) is 3.01. The third-order valence-corrected chi connectivity index (χ3v) is 5.65. The fourth-order valence-corrected chi connectivity index (χ4v) is 4.10. The number of hydrogen-bond donors (Lipinski definition) is 0. The standard InChI is InChI=1S/C12H14Cl2FNO2S/c13-6-7-19(17,18)16(9-4-5-9)8-10-11(14)2-1-3-12(10)15/h1-3,9H,4-8H2. The van der Waals surface area contributed by atoms with Crippen molar-refractivity contribution in [3.63, 3.8) is 0 Å². The molecule has 1 aromatic carbocycles. The van der Waals surface area contributed by atoms with Crippen LogP contribution in [0.5, 0.6) is 0 Å². The molecule has 2 rings (SSSR count). The smallest absolute Gasteiger partial charge is 0.212 e. The number of halogens is 3. The Bertz CT molecular complexity index is 541.